The first-order valence-electron chi connectivity index (χ1n) is 5.69. The van der Waals surface area contributed by atoms with E-state index >= 15 is 0 Å². The highest BCUT2D eigenvalue weighted by molar-refractivity contribution is 6.32. The zero-order valence-corrected chi connectivity index (χ0v) is 11.4. The Bertz CT molecular complexity index is 459. The van der Waals surface area contributed by atoms with E-state index in [9.17, 15) is 4.79 Å². The number of nitrogens with zero attached hydrogens (tertiary/aromatic N) is 2. The van der Waals surface area contributed by atoms with Crippen LogP contribution in [0.1, 0.15) is 6.92 Å². The van der Waals surface area contributed by atoms with Gasteiger partial charge in [0.25, 0.3) is 5.56 Å². The SMILES string of the molecule is C=CCn1ncc(NCC(C)COC)c(Cl)c1=O. The van der Waals surface area contributed by atoms with Crippen molar-refractivity contribution in [1.29, 1.82) is 0 Å². The molecule has 0 aromatic carbocycles. The van der Waals surface area contributed by atoms with E-state index in [1.807, 2.05) is 6.92 Å². The molecule has 6 heteroatoms. The first-order valence-corrected chi connectivity index (χ1v) is 6.07. The Morgan fingerprint density at radius 2 is 2.44 bits per heavy atom. The zero-order chi connectivity index (χ0) is 13.5. The summed E-state index contributed by atoms with van der Waals surface area (Å²) in [5.74, 6) is 0.321. The van der Waals surface area contributed by atoms with Crippen LogP contribution in [0.5, 0.6) is 0 Å². The van der Waals surface area contributed by atoms with Crippen LogP contribution in [-0.2, 0) is 11.3 Å². The number of nitrogens with one attached hydrogen (secondary N) is 1. The van der Waals surface area contributed by atoms with Gasteiger partial charge < -0.3 is 10.1 Å². The van der Waals surface area contributed by atoms with Gasteiger partial charge in [0.05, 0.1) is 25.0 Å². The summed E-state index contributed by atoms with van der Waals surface area (Å²) >= 11 is 5.99. The molecule has 0 saturated carbocycles. The first kappa shape index (κ1) is 14.7. The van der Waals surface area contributed by atoms with Crippen LogP contribution in [0.4, 0.5) is 5.69 Å². The van der Waals surface area contributed by atoms with Crippen molar-refractivity contribution in [2.75, 3.05) is 25.6 Å². The number of methoxy groups -OCH3 is 1. The van der Waals surface area contributed by atoms with Crippen molar-refractivity contribution < 1.29 is 4.74 Å². The normalized spacial score (nSPS) is 12.2. The third-order valence-electron chi connectivity index (χ3n) is 2.38. The molecule has 0 aliphatic carbocycles. The maximum atomic E-state index is 11.8. The Morgan fingerprint density at radius 1 is 1.72 bits per heavy atom. The Morgan fingerprint density at radius 3 is 3.06 bits per heavy atom. The molecule has 0 spiro atoms. The van der Waals surface area contributed by atoms with E-state index in [2.05, 4.69) is 17.0 Å². The van der Waals surface area contributed by atoms with Gasteiger partial charge in [-0.25, -0.2) is 4.68 Å². The predicted octanol–water partition coefficient (Wildman–Crippen LogP) is 1.78. The van der Waals surface area contributed by atoms with E-state index < -0.39 is 0 Å². The van der Waals surface area contributed by atoms with Crippen molar-refractivity contribution in [3.63, 3.8) is 0 Å². The average molecular weight is 272 g/mol. The molecule has 0 aliphatic heterocycles. The van der Waals surface area contributed by atoms with Crippen LogP contribution in [0, 0.1) is 5.92 Å². The van der Waals surface area contributed by atoms with Crippen molar-refractivity contribution in [3.8, 4) is 0 Å². The van der Waals surface area contributed by atoms with Gasteiger partial charge in [-0.1, -0.05) is 24.6 Å². The smallest absolute Gasteiger partial charge is 0.287 e. The van der Waals surface area contributed by atoms with E-state index in [1.165, 1.54) is 4.68 Å². The minimum atomic E-state index is -0.319. The molecule has 0 saturated heterocycles. The molecule has 0 bridgehead atoms. The van der Waals surface area contributed by atoms with Crippen molar-refractivity contribution in [3.05, 3.63) is 34.2 Å². The number of allylic oxidation sites excluding steroid dienone is 1. The van der Waals surface area contributed by atoms with E-state index in [-0.39, 0.29) is 10.6 Å². The predicted molar refractivity (Wildman–Crippen MR) is 73.2 cm³/mol. The second kappa shape index (κ2) is 7.18. The summed E-state index contributed by atoms with van der Waals surface area (Å²) < 4.78 is 6.29. The fraction of sp³-hybridized carbons (Fsp3) is 0.500. The van der Waals surface area contributed by atoms with Crippen LogP contribution in [0.2, 0.25) is 5.02 Å². The van der Waals surface area contributed by atoms with E-state index in [1.54, 1.807) is 19.4 Å². The third-order valence-corrected chi connectivity index (χ3v) is 2.74. The second-order valence-electron chi connectivity index (χ2n) is 4.09. The van der Waals surface area contributed by atoms with Crippen LogP contribution in [0.3, 0.4) is 0 Å². The summed E-state index contributed by atoms with van der Waals surface area (Å²) in [4.78, 5) is 11.8. The number of ether oxygens (including phenoxy) is 1. The lowest BCUT2D eigenvalue weighted by molar-refractivity contribution is 0.164. The summed E-state index contributed by atoms with van der Waals surface area (Å²) in [6.07, 6.45) is 3.14. The Hall–Kier alpha value is -1.33. The largest absolute Gasteiger partial charge is 0.384 e. The van der Waals surface area contributed by atoms with Gasteiger partial charge in [-0.05, 0) is 5.92 Å². The van der Waals surface area contributed by atoms with Crippen LogP contribution in [-0.4, -0.2) is 30.0 Å². The summed E-state index contributed by atoms with van der Waals surface area (Å²) in [6, 6.07) is 0. The minimum absolute atomic E-state index is 0.150. The van der Waals surface area contributed by atoms with Gasteiger partial charge in [0, 0.05) is 13.7 Å². The lowest BCUT2D eigenvalue weighted by Crippen LogP contribution is -2.25. The van der Waals surface area contributed by atoms with Crippen LogP contribution in [0.15, 0.2) is 23.6 Å². The highest BCUT2D eigenvalue weighted by Crippen LogP contribution is 2.15. The monoisotopic (exact) mass is 271 g/mol. The van der Waals surface area contributed by atoms with E-state index in [4.69, 9.17) is 16.3 Å². The fourth-order valence-electron chi connectivity index (χ4n) is 1.47. The number of hydrogen-bond acceptors (Lipinski definition) is 4. The molecule has 1 aromatic rings. The van der Waals surface area contributed by atoms with Crippen molar-refractivity contribution in [2.45, 2.75) is 13.5 Å². The molecule has 0 aliphatic rings. The highest BCUT2D eigenvalue weighted by atomic mass is 35.5. The lowest BCUT2D eigenvalue weighted by Gasteiger charge is -2.13. The molecule has 5 nitrogen and oxygen atoms in total. The van der Waals surface area contributed by atoms with Gasteiger partial charge in [-0.3, -0.25) is 4.79 Å². The quantitative estimate of drug-likeness (QED) is 0.768. The number of halogens is 1. The minimum Gasteiger partial charge on any atom is -0.384 e. The zero-order valence-electron chi connectivity index (χ0n) is 10.6. The second-order valence-corrected chi connectivity index (χ2v) is 4.47. The molecule has 1 heterocycles. The maximum Gasteiger partial charge on any atom is 0.287 e. The van der Waals surface area contributed by atoms with Crippen molar-refractivity contribution in [1.82, 2.24) is 9.78 Å². The fourth-order valence-corrected chi connectivity index (χ4v) is 1.68. The molecule has 18 heavy (non-hydrogen) atoms. The van der Waals surface area contributed by atoms with Gasteiger partial charge in [0.2, 0.25) is 0 Å². The van der Waals surface area contributed by atoms with Gasteiger partial charge in [-0.15, -0.1) is 6.58 Å². The van der Waals surface area contributed by atoms with Gasteiger partial charge in [-0.2, -0.15) is 5.10 Å². The molecule has 1 unspecified atom stereocenters. The molecule has 1 rings (SSSR count). The summed E-state index contributed by atoms with van der Waals surface area (Å²) in [5, 5.41) is 7.25. The molecule has 1 atom stereocenters. The number of aromatic nitrogens is 2. The topological polar surface area (TPSA) is 56.1 Å². The van der Waals surface area contributed by atoms with Crippen molar-refractivity contribution >= 4 is 17.3 Å². The molecule has 0 fully saturated rings. The van der Waals surface area contributed by atoms with E-state index in [0.717, 1.165) is 0 Å². The Labute approximate surface area is 111 Å². The standard InChI is InChI=1S/C12H18ClN3O2/c1-4-5-16-12(17)11(13)10(7-15-16)14-6-9(2)8-18-3/h4,7,9,14H,1,5-6,8H2,2-3H3. The van der Waals surface area contributed by atoms with Crippen LogP contribution >= 0.6 is 11.6 Å². The average Bonchev–Trinajstić information content (AvgIpc) is 2.35. The van der Waals surface area contributed by atoms with Gasteiger partial charge in [0.1, 0.15) is 5.02 Å². The number of rotatable bonds is 7. The molecule has 1 aromatic heterocycles. The number of hydrogen-bond donors (Lipinski definition) is 1. The molecular formula is C12H18ClN3O2. The highest BCUT2D eigenvalue weighted by Gasteiger charge is 2.09. The maximum absolute atomic E-state index is 11.8. The first-order chi connectivity index (χ1) is 8.60. The van der Waals surface area contributed by atoms with Crippen molar-refractivity contribution in [2.24, 2.45) is 5.92 Å². The lowest BCUT2D eigenvalue weighted by atomic mass is 10.2. The summed E-state index contributed by atoms with van der Waals surface area (Å²) in [7, 11) is 1.65. The molecule has 0 amide bonds. The summed E-state index contributed by atoms with van der Waals surface area (Å²) in [5.41, 5.74) is 0.228. The van der Waals surface area contributed by atoms with E-state index in [0.29, 0.717) is 31.3 Å². The van der Waals surface area contributed by atoms with Crippen LogP contribution < -0.4 is 10.9 Å². The Kier molecular flexibility index (Phi) is 5.88. The van der Waals surface area contributed by atoms with Gasteiger partial charge in [0.15, 0.2) is 0 Å². The number of anilines is 1. The Balaban J connectivity index is 2.76. The molecule has 1 N–H and O–H groups in total. The third kappa shape index (κ3) is 3.85. The summed E-state index contributed by atoms with van der Waals surface area (Å²) in [6.45, 7) is 7.25. The molecular weight excluding hydrogens is 254 g/mol. The van der Waals surface area contributed by atoms with Crippen LogP contribution in [0.25, 0.3) is 0 Å². The molecule has 100 valence electrons. The van der Waals surface area contributed by atoms with Gasteiger partial charge >= 0.3 is 0 Å². The molecule has 0 radical (unpaired) electrons.